The quantitative estimate of drug-likeness (QED) is 0.741. The van der Waals surface area contributed by atoms with Crippen LogP contribution in [0.2, 0.25) is 0 Å². The monoisotopic (exact) mass is 237 g/mol. The molecule has 0 heterocycles. The number of hydrogen-bond acceptors (Lipinski definition) is 2. The Morgan fingerprint density at radius 1 is 1.38 bits per heavy atom. The van der Waals surface area contributed by atoms with Crippen LogP contribution in [0.3, 0.4) is 0 Å². The van der Waals surface area contributed by atoms with Crippen molar-refractivity contribution < 1.29 is 11.2 Å². The minimum atomic E-state index is -3.80. The topological polar surface area (TPSA) is 38.5 Å². The zero-order chi connectivity index (χ0) is 13.6. The van der Waals surface area contributed by atoms with Crippen molar-refractivity contribution in [3.8, 4) is 0 Å². The van der Waals surface area contributed by atoms with Gasteiger partial charge in [0.25, 0.3) is 9.84 Å². The molecule has 1 saturated carbocycles. The molecule has 1 fully saturated rings. The van der Waals surface area contributed by atoms with Gasteiger partial charge in [-0.15, -0.1) is 0 Å². The molecule has 0 radical (unpaired) electrons. The molecule has 4 heteroatoms. The van der Waals surface area contributed by atoms with E-state index in [0.717, 1.165) is 5.56 Å². The highest BCUT2D eigenvalue weighted by molar-refractivity contribution is 7.93. The van der Waals surface area contributed by atoms with Gasteiger partial charge in [0.1, 0.15) is 0 Å². The van der Waals surface area contributed by atoms with Gasteiger partial charge in [0.2, 0.25) is 0 Å². The second kappa shape index (κ2) is 3.60. The van der Waals surface area contributed by atoms with Crippen LogP contribution in [-0.2, 0) is 9.84 Å². The number of hydrogen-bond donors (Lipinski definition) is 0. The summed E-state index contributed by atoms with van der Waals surface area (Å²) in [6, 6.07) is 6.31. The Bertz CT molecular complexity index is 606. The highest BCUT2D eigenvalue weighted by Crippen LogP contribution is 2.43. The van der Waals surface area contributed by atoms with Crippen molar-refractivity contribution in [2.45, 2.75) is 35.9 Å². The van der Waals surface area contributed by atoms with Crippen LogP contribution >= 0.6 is 0 Å². The van der Waals surface area contributed by atoms with Gasteiger partial charge < -0.3 is 0 Å². The molecule has 0 spiro atoms. The molecule has 1 aromatic carbocycles. The lowest BCUT2D eigenvalue weighted by Gasteiger charge is -2.29. The third-order valence-corrected chi connectivity index (χ3v) is 5.11. The smallest absolute Gasteiger partial charge is 0.293 e. The van der Waals surface area contributed by atoms with E-state index in [4.69, 9.17) is 9.31 Å². The largest absolute Gasteiger partial charge is 0.333 e. The fourth-order valence-electron chi connectivity index (χ4n) is 1.60. The molecule has 1 aliphatic carbocycles. The highest BCUT2D eigenvalue weighted by Gasteiger charge is 2.56. The molecule has 0 unspecified atom stereocenters. The second-order valence-corrected chi connectivity index (χ2v) is 6.22. The Morgan fingerprint density at radius 2 is 1.94 bits per heavy atom. The van der Waals surface area contributed by atoms with Crippen molar-refractivity contribution >= 4 is 9.84 Å². The first-order valence-electron chi connectivity index (χ1n) is 5.92. The lowest BCUT2D eigenvalue weighted by atomic mass is 9.93. The molecule has 2 rings (SSSR count). The van der Waals surface area contributed by atoms with Gasteiger partial charge in [-0.2, -0.15) is 0 Å². The summed E-state index contributed by atoms with van der Waals surface area (Å²) in [5.41, 5.74) is 0.940. The van der Waals surface area contributed by atoms with Crippen LogP contribution in [-0.4, -0.2) is 13.3 Å². The van der Waals surface area contributed by atoms with E-state index in [1.807, 2.05) is 6.92 Å². The minimum absolute atomic E-state index is 0.0969. The van der Waals surface area contributed by atoms with Crippen molar-refractivity contribution in [2.75, 3.05) is 0 Å². The Balaban J connectivity index is 2.44. The molecule has 16 heavy (non-hydrogen) atoms. The summed E-state index contributed by atoms with van der Waals surface area (Å²) in [6.45, 7) is 8.96. The van der Waals surface area contributed by atoms with Gasteiger partial charge in [0.05, 0.1) is 4.90 Å². The number of rotatable bonds is 2. The summed E-state index contributed by atoms with van der Waals surface area (Å²) in [7, 11) is -3.80. The van der Waals surface area contributed by atoms with Crippen LogP contribution in [0.1, 0.15) is 27.5 Å². The average molecular weight is 237 g/mol. The van der Waals surface area contributed by atoms with E-state index in [9.17, 15) is 8.42 Å². The molecule has 0 aromatic heterocycles. The van der Waals surface area contributed by atoms with Crippen molar-refractivity contribution in [3.05, 3.63) is 41.2 Å². The molecule has 0 atom stereocenters. The maximum atomic E-state index is 12.4. The molecular weight excluding hydrogens is 222 g/mol. The van der Waals surface area contributed by atoms with E-state index < -0.39 is 21.1 Å². The maximum Gasteiger partial charge on any atom is 0.333 e. The van der Waals surface area contributed by atoms with Gasteiger partial charge in [-0.25, -0.2) is 15.0 Å². The van der Waals surface area contributed by atoms with Crippen LogP contribution in [0, 0.1) is 13.5 Å². The van der Waals surface area contributed by atoms with E-state index in [1.165, 1.54) is 12.1 Å². The molecule has 1 aliphatic rings. The first-order chi connectivity index (χ1) is 8.22. The molecule has 1 aromatic rings. The van der Waals surface area contributed by atoms with Crippen LogP contribution < -0.4 is 0 Å². The first-order valence-corrected chi connectivity index (χ1v) is 6.41. The Morgan fingerprint density at radius 3 is 2.38 bits per heavy atom. The minimum Gasteiger partial charge on any atom is -0.293 e. The van der Waals surface area contributed by atoms with Crippen molar-refractivity contribution in [1.29, 1.82) is 0 Å². The second-order valence-electron chi connectivity index (χ2n) is 3.98. The lowest BCUT2D eigenvalue weighted by molar-refractivity contribution is 0.395. The van der Waals surface area contributed by atoms with Gasteiger partial charge in [-0.05, 0) is 25.4 Å². The van der Waals surface area contributed by atoms with E-state index in [-0.39, 0.29) is 17.7 Å². The Hall–Kier alpha value is -1.34. The molecule has 0 bridgehead atoms. The summed E-state index contributed by atoms with van der Waals surface area (Å²) in [6.07, 6.45) is -2.05. The molecule has 84 valence electrons. The zero-order valence-corrected chi connectivity index (χ0v) is 9.71. The van der Waals surface area contributed by atoms with E-state index >= 15 is 0 Å². The van der Waals surface area contributed by atoms with Crippen LogP contribution in [0.15, 0.2) is 29.2 Å². The summed E-state index contributed by atoms with van der Waals surface area (Å²) in [4.78, 5) is 1.69. The van der Waals surface area contributed by atoms with E-state index in [0.29, 0.717) is 0 Å². The van der Waals surface area contributed by atoms with Crippen molar-refractivity contribution in [2.24, 2.45) is 0 Å². The third-order valence-electron chi connectivity index (χ3n) is 2.84. The maximum absolute atomic E-state index is 12.4. The van der Waals surface area contributed by atoms with Gasteiger partial charge in [-0.3, -0.25) is 4.85 Å². The predicted molar refractivity (Wildman–Crippen MR) is 61.5 cm³/mol. The molecule has 0 saturated heterocycles. The fourth-order valence-corrected chi connectivity index (χ4v) is 3.24. The van der Waals surface area contributed by atoms with Gasteiger partial charge in [0, 0.05) is 15.6 Å². The van der Waals surface area contributed by atoms with Gasteiger partial charge >= 0.3 is 4.87 Å². The predicted octanol–water partition coefficient (Wildman–Crippen LogP) is 2.57. The van der Waals surface area contributed by atoms with Crippen LogP contribution in [0.5, 0.6) is 0 Å². The number of benzene rings is 1. The van der Waals surface area contributed by atoms with Gasteiger partial charge in [-0.1, -0.05) is 17.7 Å². The van der Waals surface area contributed by atoms with Crippen LogP contribution in [0.25, 0.3) is 4.85 Å². The molecular formula is C12H13NO2S. The summed E-state index contributed by atoms with van der Waals surface area (Å²) in [5.74, 6) is 0. The molecule has 3 nitrogen and oxygen atoms in total. The number of sulfone groups is 1. The SMILES string of the molecule is [2H]C1([2H])CC([N+]#[C-])(S(=O)(=O)c2ccc(C)cc2)C1. The van der Waals surface area contributed by atoms with Gasteiger partial charge in [0.15, 0.2) is 0 Å². The zero-order valence-electron chi connectivity index (χ0n) is 10.9. The van der Waals surface area contributed by atoms with Crippen LogP contribution in [0.4, 0.5) is 0 Å². The van der Waals surface area contributed by atoms with Crippen molar-refractivity contribution in [1.82, 2.24) is 0 Å². The Labute approximate surface area is 98.7 Å². The van der Waals surface area contributed by atoms with Crippen molar-refractivity contribution in [3.63, 3.8) is 0 Å². The third kappa shape index (κ3) is 1.43. The van der Waals surface area contributed by atoms with E-state index in [1.54, 1.807) is 12.1 Å². The summed E-state index contributed by atoms with van der Waals surface area (Å²) >= 11 is 0. The number of aryl methyl sites for hydroxylation is 1. The first kappa shape index (κ1) is 8.77. The number of nitrogens with zero attached hydrogens (tertiary/aromatic N) is 1. The normalized spacial score (nSPS) is 23.5. The highest BCUT2D eigenvalue weighted by atomic mass is 32.2. The average Bonchev–Trinajstić information content (AvgIpc) is 2.25. The summed E-state index contributed by atoms with van der Waals surface area (Å²) < 4.78 is 39.7. The Kier molecular flexibility index (Phi) is 1.97. The standard InChI is InChI=1S/C12H13NO2S/c1-10-4-6-11(7-5-10)16(14,15)12(13-2)8-3-9-12/h4-7H,3,8-9H2,1H3/i3D2. The summed E-state index contributed by atoms with van der Waals surface area (Å²) in [5, 5.41) is 0. The molecule has 0 aliphatic heterocycles. The fraction of sp³-hybridized carbons (Fsp3) is 0.417. The lowest BCUT2D eigenvalue weighted by Crippen LogP contribution is -2.41. The van der Waals surface area contributed by atoms with E-state index in [2.05, 4.69) is 4.85 Å². The molecule has 0 N–H and O–H groups in total. The molecule has 0 amide bonds.